The monoisotopic (exact) mass is 297 g/mol. The van der Waals surface area contributed by atoms with Gasteiger partial charge in [-0.3, -0.25) is 4.79 Å². The molecule has 6 nitrogen and oxygen atoms in total. The zero-order chi connectivity index (χ0) is 14.8. The summed E-state index contributed by atoms with van der Waals surface area (Å²) in [6, 6.07) is 5.03. The van der Waals surface area contributed by atoms with Gasteiger partial charge in [-0.25, -0.2) is 8.42 Å². The highest BCUT2D eigenvalue weighted by molar-refractivity contribution is 7.91. The van der Waals surface area contributed by atoms with E-state index in [1.807, 2.05) is 0 Å². The molecule has 1 amide bonds. The van der Waals surface area contributed by atoms with Gasteiger partial charge in [0.2, 0.25) is 0 Å². The van der Waals surface area contributed by atoms with Crippen molar-refractivity contribution in [1.29, 1.82) is 0 Å². The Kier molecular flexibility index (Phi) is 4.17. The minimum Gasteiger partial charge on any atom is -0.397 e. The molecule has 0 bridgehead atoms. The van der Waals surface area contributed by atoms with Crippen molar-refractivity contribution in [2.24, 2.45) is 5.92 Å². The summed E-state index contributed by atoms with van der Waals surface area (Å²) < 4.78 is 22.8. The lowest BCUT2D eigenvalue weighted by molar-refractivity contribution is 0.0963. The minimum atomic E-state index is -2.86. The standard InChI is InChI=1S/C13H19N3O3S/c1-15-13(17)10-2-3-12(11(14)6-10)16-7-9-4-5-20(18,19)8-9/h2-3,6,9,16H,4-5,7-8,14H2,1H3,(H,15,17). The maximum atomic E-state index is 11.5. The van der Waals surface area contributed by atoms with Crippen LogP contribution in [0.25, 0.3) is 0 Å². The number of amides is 1. The zero-order valence-electron chi connectivity index (χ0n) is 11.3. The predicted molar refractivity (Wildman–Crippen MR) is 79.5 cm³/mol. The SMILES string of the molecule is CNC(=O)c1ccc(NCC2CCS(=O)(=O)C2)c(N)c1. The normalized spacial score (nSPS) is 20.6. The van der Waals surface area contributed by atoms with Gasteiger partial charge < -0.3 is 16.4 Å². The fourth-order valence-electron chi connectivity index (χ4n) is 2.30. The summed E-state index contributed by atoms with van der Waals surface area (Å²) in [5.74, 6) is 0.434. The first-order chi connectivity index (χ1) is 9.41. The number of rotatable bonds is 4. The molecule has 7 heteroatoms. The molecule has 2 rings (SSSR count). The number of hydrogen-bond acceptors (Lipinski definition) is 5. The largest absolute Gasteiger partial charge is 0.397 e. The Hall–Kier alpha value is -1.76. The maximum Gasteiger partial charge on any atom is 0.251 e. The van der Waals surface area contributed by atoms with E-state index < -0.39 is 9.84 Å². The molecule has 20 heavy (non-hydrogen) atoms. The number of anilines is 2. The molecule has 0 aromatic heterocycles. The molecule has 110 valence electrons. The summed E-state index contributed by atoms with van der Waals surface area (Å²) in [6.07, 6.45) is 0.686. The Bertz CT molecular complexity index is 613. The van der Waals surface area contributed by atoms with Crippen LogP contribution in [0.2, 0.25) is 0 Å². The average Bonchev–Trinajstić information content (AvgIpc) is 2.76. The van der Waals surface area contributed by atoms with Crippen molar-refractivity contribution in [3.05, 3.63) is 23.8 Å². The third-order valence-corrected chi connectivity index (χ3v) is 5.29. The Morgan fingerprint density at radius 1 is 1.45 bits per heavy atom. The highest BCUT2D eigenvalue weighted by Gasteiger charge is 2.27. The third kappa shape index (κ3) is 3.41. The quantitative estimate of drug-likeness (QED) is 0.702. The van der Waals surface area contributed by atoms with Crippen LogP contribution < -0.4 is 16.4 Å². The van der Waals surface area contributed by atoms with Gasteiger partial charge in [-0.15, -0.1) is 0 Å². The Morgan fingerprint density at radius 2 is 2.20 bits per heavy atom. The molecule has 1 heterocycles. The lowest BCUT2D eigenvalue weighted by Gasteiger charge is -2.13. The molecule has 1 unspecified atom stereocenters. The first-order valence-electron chi connectivity index (χ1n) is 6.47. The van der Waals surface area contributed by atoms with Gasteiger partial charge in [0.05, 0.1) is 22.9 Å². The molecule has 4 N–H and O–H groups in total. The molecule has 1 aliphatic heterocycles. The van der Waals surface area contributed by atoms with Gasteiger partial charge in [-0.2, -0.15) is 0 Å². The second kappa shape index (κ2) is 5.70. The van der Waals surface area contributed by atoms with Crippen LogP contribution in [0, 0.1) is 5.92 Å². The molecule has 0 spiro atoms. The van der Waals surface area contributed by atoms with Gasteiger partial charge >= 0.3 is 0 Å². The highest BCUT2D eigenvalue weighted by Crippen LogP contribution is 2.23. The van der Waals surface area contributed by atoms with E-state index in [1.165, 1.54) is 0 Å². The van der Waals surface area contributed by atoms with Crippen LogP contribution in [0.15, 0.2) is 18.2 Å². The molecule has 1 atom stereocenters. The third-order valence-electron chi connectivity index (χ3n) is 3.45. The molecular weight excluding hydrogens is 278 g/mol. The van der Waals surface area contributed by atoms with Crippen LogP contribution in [0.4, 0.5) is 11.4 Å². The van der Waals surface area contributed by atoms with Gasteiger partial charge in [0, 0.05) is 19.2 Å². The summed E-state index contributed by atoms with van der Waals surface area (Å²) in [5, 5.41) is 5.69. The van der Waals surface area contributed by atoms with Crippen LogP contribution in [-0.4, -0.2) is 39.4 Å². The Labute approximate surface area is 118 Å². The summed E-state index contributed by atoms with van der Waals surface area (Å²) in [4.78, 5) is 11.5. The second-order valence-electron chi connectivity index (χ2n) is 5.03. The van der Waals surface area contributed by atoms with E-state index in [-0.39, 0.29) is 23.3 Å². The van der Waals surface area contributed by atoms with Crippen molar-refractivity contribution >= 4 is 27.1 Å². The number of carbonyl (C=O) groups is 1. The smallest absolute Gasteiger partial charge is 0.251 e. The van der Waals surface area contributed by atoms with Gasteiger partial charge in [-0.05, 0) is 30.5 Å². The first-order valence-corrected chi connectivity index (χ1v) is 8.29. The Morgan fingerprint density at radius 3 is 2.75 bits per heavy atom. The number of carbonyl (C=O) groups excluding carboxylic acids is 1. The van der Waals surface area contributed by atoms with Crippen LogP contribution in [0.5, 0.6) is 0 Å². The molecule has 1 fully saturated rings. The van der Waals surface area contributed by atoms with E-state index in [2.05, 4.69) is 10.6 Å². The molecule has 1 aromatic rings. The molecular formula is C13H19N3O3S. The highest BCUT2D eigenvalue weighted by atomic mass is 32.2. The summed E-state index contributed by atoms with van der Waals surface area (Å²) in [5.41, 5.74) is 7.59. The number of nitrogens with one attached hydrogen (secondary N) is 2. The van der Waals surface area contributed by atoms with E-state index in [4.69, 9.17) is 5.73 Å². The lowest BCUT2D eigenvalue weighted by atomic mass is 10.1. The summed E-state index contributed by atoms with van der Waals surface area (Å²) in [6.45, 7) is 0.572. The van der Waals surface area contributed by atoms with Crippen LogP contribution in [0.3, 0.4) is 0 Å². The number of hydrogen-bond donors (Lipinski definition) is 3. The van der Waals surface area contributed by atoms with Gasteiger partial charge in [0.15, 0.2) is 9.84 Å². The second-order valence-corrected chi connectivity index (χ2v) is 7.26. The molecule has 0 saturated carbocycles. The van der Waals surface area contributed by atoms with Crippen LogP contribution >= 0.6 is 0 Å². The molecule has 1 aromatic carbocycles. The lowest BCUT2D eigenvalue weighted by Crippen LogP contribution is -2.19. The van der Waals surface area contributed by atoms with Crippen molar-refractivity contribution in [1.82, 2.24) is 5.32 Å². The Balaban J connectivity index is 1.99. The number of sulfone groups is 1. The van der Waals surface area contributed by atoms with Crippen LogP contribution in [-0.2, 0) is 9.84 Å². The number of nitrogens with two attached hydrogens (primary N) is 1. The fraction of sp³-hybridized carbons (Fsp3) is 0.462. The molecule has 1 aliphatic rings. The summed E-state index contributed by atoms with van der Waals surface area (Å²) >= 11 is 0. The van der Waals surface area contributed by atoms with Gasteiger partial charge in [0.1, 0.15) is 0 Å². The maximum absolute atomic E-state index is 11.5. The van der Waals surface area contributed by atoms with E-state index in [1.54, 1.807) is 25.2 Å². The number of nitrogen functional groups attached to an aromatic ring is 1. The van der Waals surface area contributed by atoms with Crippen molar-refractivity contribution in [3.8, 4) is 0 Å². The van der Waals surface area contributed by atoms with E-state index in [9.17, 15) is 13.2 Å². The molecule has 1 saturated heterocycles. The van der Waals surface area contributed by atoms with Crippen molar-refractivity contribution in [3.63, 3.8) is 0 Å². The van der Waals surface area contributed by atoms with E-state index in [0.717, 1.165) is 5.69 Å². The fourth-order valence-corrected chi connectivity index (χ4v) is 4.16. The topological polar surface area (TPSA) is 101 Å². The first kappa shape index (κ1) is 14.6. The van der Waals surface area contributed by atoms with E-state index in [0.29, 0.717) is 24.2 Å². The van der Waals surface area contributed by atoms with Crippen molar-refractivity contribution in [2.45, 2.75) is 6.42 Å². The van der Waals surface area contributed by atoms with Crippen molar-refractivity contribution < 1.29 is 13.2 Å². The number of benzene rings is 1. The van der Waals surface area contributed by atoms with Crippen LogP contribution in [0.1, 0.15) is 16.8 Å². The zero-order valence-corrected chi connectivity index (χ0v) is 12.2. The minimum absolute atomic E-state index is 0.123. The molecule has 0 aliphatic carbocycles. The summed E-state index contributed by atoms with van der Waals surface area (Å²) in [7, 11) is -1.29. The average molecular weight is 297 g/mol. The predicted octanol–water partition coefficient (Wildman–Crippen LogP) is 0.475. The molecule has 0 radical (unpaired) electrons. The van der Waals surface area contributed by atoms with Gasteiger partial charge in [0.25, 0.3) is 5.91 Å². The van der Waals surface area contributed by atoms with E-state index >= 15 is 0 Å². The van der Waals surface area contributed by atoms with Crippen molar-refractivity contribution in [2.75, 3.05) is 36.1 Å². The van der Waals surface area contributed by atoms with Gasteiger partial charge in [-0.1, -0.05) is 0 Å².